The zero-order valence-corrected chi connectivity index (χ0v) is 19.0. The second-order valence-electron chi connectivity index (χ2n) is 8.81. The van der Waals surface area contributed by atoms with Crippen molar-refractivity contribution in [3.8, 4) is 5.95 Å². The largest absolute Gasteiger partial charge is 0.463 e. The Hall–Kier alpha value is -2.83. The lowest BCUT2D eigenvalue weighted by molar-refractivity contribution is -0.137. The van der Waals surface area contributed by atoms with Crippen LogP contribution in [0, 0.1) is 0 Å². The Bertz CT molecular complexity index is 1050. The van der Waals surface area contributed by atoms with Gasteiger partial charge in [-0.25, -0.2) is 0 Å². The van der Waals surface area contributed by atoms with E-state index in [0.29, 0.717) is 37.5 Å². The van der Waals surface area contributed by atoms with E-state index in [1.165, 1.54) is 16.3 Å². The highest BCUT2D eigenvalue weighted by atomic mass is 16.6. The molecule has 6 nitrogen and oxygen atoms in total. The van der Waals surface area contributed by atoms with Gasteiger partial charge in [0.2, 0.25) is 5.91 Å². The molecule has 1 aliphatic heterocycles. The fraction of sp³-hybridized carbons (Fsp3) is 0.444. The molecule has 3 aromatic rings. The van der Waals surface area contributed by atoms with Crippen LogP contribution in [0.25, 0.3) is 10.8 Å². The van der Waals surface area contributed by atoms with Crippen molar-refractivity contribution in [1.29, 1.82) is 0 Å². The summed E-state index contributed by atoms with van der Waals surface area (Å²) in [4.78, 5) is 14.5. The van der Waals surface area contributed by atoms with Crippen molar-refractivity contribution in [1.82, 2.24) is 4.90 Å². The van der Waals surface area contributed by atoms with E-state index in [0.717, 1.165) is 25.7 Å². The minimum Gasteiger partial charge on any atom is -0.463 e. The Morgan fingerprint density at radius 2 is 1.94 bits per heavy atom. The Kier molecular flexibility index (Phi) is 8.02. The third-order valence-corrected chi connectivity index (χ3v) is 6.40. The minimum absolute atomic E-state index is 0.0775. The summed E-state index contributed by atoms with van der Waals surface area (Å²) < 4.78 is 10.9. The molecule has 1 unspecified atom stereocenters. The minimum atomic E-state index is -0.391. The molecule has 2 atom stereocenters. The maximum Gasteiger partial charge on any atom is 0.284 e. The molecule has 1 aliphatic rings. The van der Waals surface area contributed by atoms with Crippen LogP contribution >= 0.6 is 0 Å². The maximum atomic E-state index is 12.6. The number of likely N-dealkylation sites (tertiary alicyclic amines) is 1. The second kappa shape index (κ2) is 11.3. The summed E-state index contributed by atoms with van der Waals surface area (Å²) in [5, 5.41) is 22.0. The normalized spacial score (nSPS) is 17.5. The van der Waals surface area contributed by atoms with Gasteiger partial charge in [-0.3, -0.25) is 4.79 Å². The number of aliphatic hydroxyl groups is 2. The first-order valence-electron chi connectivity index (χ1n) is 11.9. The first-order valence-corrected chi connectivity index (χ1v) is 11.9. The number of carbonyl (C=O) groups is 1. The number of aliphatic hydroxyl groups excluding tert-OH is 2. The third-order valence-electron chi connectivity index (χ3n) is 6.40. The standard InChI is InChI=1S/C27H33NO5/c29-16-17-32-27-15-14-25(33-27)19-28-23(6-3-7-26(28)31)11-13-24(30)12-9-20-8-10-21-4-1-2-5-22(21)18-20/h1-2,4-5,8,10,14-15,18,23-24,29-30H,3,6-7,9,11-13,16-17,19H2/t23-,24?/m1/s1. The zero-order chi connectivity index (χ0) is 23.0. The molecular weight excluding hydrogens is 418 g/mol. The molecule has 33 heavy (non-hydrogen) atoms. The van der Waals surface area contributed by atoms with Gasteiger partial charge in [0, 0.05) is 18.5 Å². The van der Waals surface area contributed by atoms with Crippen molar-refractivity contribution in [2.24, 2.45) is 0 Å². The average molecular weight is 452 g/mol. The molecule has 1 fully saturated rings. The van der Waals surface area contributed by atoms with Gasteiger partial charge < -0.3 is 24.3 Å². The molecule has 0 aliphatic carbocycles. The van der Waals surface area contributed by atoms with Crippen molar-refractivity contribution in [3.05, 3.63) is 65.9 Å². The Balaban J connectivity index is 1.28. The Morgan fingerprint density at radius 1 is 1.09 bits per heavy atom. The lowest BCUT2D eigenvalue weighted by atomic mass is 9.94. The van der Waals surface area contributed by atoms with Gasteiger partial charge in [-0.05, 0) is 60.9 Å². The number of hydrogen-bond donors (Lipinski definition) is 2. The van der Waals surface area contributed by atoms with Crippen LogP contribution in [0.1, 0.15) is 49.8 Å². The van der Waals surface area contributed by atoms with Crippen LogP contribution < -0.4 is 4.74 Å². The molecule has 4 rings (SSSR count). The zero-order valence-electron chi connectivity index (χ0n) is 19.0. The van der Waals surface area contributed by atoms with Crippen molar-refractivity contribution in [3.63, 3.8) is 0 Å². The van der Waals surface area contributed by atoms with Crippen LogP contribution in [0.15, 0.2) is 59.0 Å². The molecular formula is C27H33NO5. The fourth-order valence-electron chi connectivity index (χ4n) is 4.60. The molecule has 1 amide bonds. The monoisotopic (exact) mass is 451 g/mol. The molecule has 176 valence electrons. The number of ether oxygens (including phenoxy) is 1. The fourth-order valence-corrected chi connectivity index (χ4v) is 4.60. The van der Waals surface area contributed by atoms with Crippen LogP contribution in [0.2, 0.25) is 0 Å². The van der Waals surface area contributed by atoms with E-state index in [4.69, 9.17) is 14.3 Å². The SMILES string of the molecule is O=C1CCC[C@H](CCC(O)CCc2ccc3ccccc3c2)N1Cc1ccc(OCCO)o1. The lowest BCUT2D eigenvalue weighted by Crippen LogP contribution is -2.43. The first-order chi connectivity index (χ1) is 16.1. The number of piperidine rings is 1. The van der Waals surface area contributed by atoms with Crippen LogP contribution in [-0.2, 0) is 17.8 Å². The van der Waals surface area contributed by atoms with E-state index in [9.17, 15) is 9.90 Å². The summed E-state index contributed by atoms with van der Waals surface area (Å²) in [7, 11) is 0. The first kappa shape index (κ1) is 23.3. The summed E-state index contributed by atoms with van der Waals surface area (Å²) in [6.07, 6.45) is 4.98. The van der Waals surface area contributed by atoms with Gasteiger partial charge in [-0.15, -0.1) is 0 Å². The molecule has 1 aromatic heterocycles. The number of fused-ring (bicyclic) bond motifs is 1. The van der Waals surface area contributed by atoms with E-state index >= 15 is 0 Å². The number of furan rings is 1. The molecule has 2 heterocycles. The van der Waals surface area contributed by atoms with E-state index in [1.807, 2.05) is 23.1 Å². The van der Waals surface area contributed by atoms with Crippen LogP contribution in [-0.4, -0.2) is 46.4 Å². The Morgan fingerprint density at radius 3 is 2.79 bits per heavy atom. The summed E-state index contributed by atoms with van der Waals surface area (Å²) in [6, 6.07) is 18.4. The van der Waals surface area contributed by atoms with Crippen molar-refractivity contribution in [2.45, 2.75) is 63.6 Å². The molecule has 0 radical (unpaired) electrons. The third kappa shape index (κ3) is 6.36. The molecule has 0 saturated carbocycles. The second-order valence-corrected chi connectivity index (χ2v) is 8.81. The van der Waals surface area contributed by atoms with Gasteiger partial charge in [-0.2, -0.15) is 0 Å². The number of aryl methyl sites for hydroxylation is 1. The van der Waals surface area contributed by atoms with E-state index in [2.05, 4.69) is 30.3 Å². The number of nitrogens with zero attached hydrogens (tertiary/aromatic N) is 1. The van der Waals surface area contributed by atoms with Crippen molar-refractivity contribution < 1.29 is 24.2 Å². The van der Waals surface area contributed by atoms with Gasteiger partial charge in [0.05, 0.1) is 19.3 Å². The summed E-state index contributed by atoms with van der Waals surface area (Å²) in [5.41, 5.74) is 1.24. The number of carbonyl (C=O) groups excluding carboxylic acids is 1. The highest BCUT2D eigenvalue weighted by Gasteiger charge is 2.29. The maximum absolute atomic E-state index is 12.6. The quantitative estimate of drug-likeness (QED) is 0.450. The van der Waals surface area contributed by atoms with Crippen molar-refractivity contribution >= 4 is 16.7 Å². The molecule has 0 bridgehead atoms. The van der Waals surface area contributed by atoms with E-state index < -0.39 is 6.10 Å². The van der Waals surface area contributed by atoms with Crippen LogP contribution in [0.3, 0.4) is 0 Å². The Labute approximate surface area is 194 Å². The summed E-state index contributed by atoms with van der Waals surface area (Å²) >= 11 is 0. The highest BCUT2D eigenvalue weighted by molar-refractivity contribution is 5.83. The number of rotatable bonds is 11. The predicted octanol–water partition coefficient (Wildman–Crippen LogP) is 4.46. The van der Waals surface area contributed by atoms with Gasteiger partial charge in [0.15, 0.2) is 0 Å². The van der Waals surface area contributed by atoms with Crippen molar-refractivity contribution in [2.75, 3.05) is 13.2 Å². The molecule has 2 aromatic carbocycles. The van der Waals surface area contributed by atoms with Gasteiger partial charge >= 0.3 is 0 Å². The summed E-state index contributed by atoms with van der Waals surface area (Å²) in [5.74, 6) is 1.15. The lowest BCUT2D eigenvalue weighted by Gasteiger charge is -2.35. The van der Waals surface area contributed by atoms with Crippen LogP contribution in [0.4, 0.5) is 0 Å². The average Bonchev–Trinajstić information content (AvgIpc) is 3.29. The predicted molar refractivity (Wildman–Crippen MR) is 127 cm³/mol. The summed E-state index contributed by atoms with van der Waals surface area (Å²) in [6.45, 7) is 0.500. The van der Waals surface area contributed by atoms with E-state index in [-0.39, 0.29) is 25.2 Å². The topological polar surface area (TPSA) is 83.1 Å². The number of amides is 1. The molecule has 6 heteroatoms. The number of hydrogen-bond acceptors (Lipinski definition) is 5. The van der Waals surface area contributed by atoms with Crippen LogP contribution in [0.5, 0.6) is 5.95 Å². The number of benzene rings is 2. The molecule has 1 saturated heterocycles. The van der Waals surface area contributed by atoms with Gasteiger partial charge in [-0.1, -0.05) is 42.5 Å². The highest BCUT2D eigenvalue weighted by Crippen LogP contribution is 2.27. The van der Waals surface area contributed by atoms with Gasteiger partial charge in [0.25, 0.3) is 5.95 Å². The smallest absolute Gasteiger partial charge is 0.284 e. The van der Waals surface area contributed by atoms with E-state index in [1.54, 1.807) is 6.07 Å². The molecule has 2 N–H and O–H groups in total. The van der Waals surface area contributed by atoms with Gasteiger partial charge in [0.1, 0.15) is 12.4 Å². The molecule has 0 spiro atoms.